The number of nitrogen functional groups attached to an aromatic ring is 1. The number of aromatic nitrogens is 2. The van der Waals surface area contributed by atoms with Crippen molar-refractivity contribution in [1.82, 2.24) is 9.55 Å². The summed E-state index contributed by atoms with van der Waals surface area (Å²) >= 11 is 0. The predicted molar refractivity (Wildman–Crippen MR) is 107 cm³/mol. The summed E-state index contributed by atoms with van der Waals surface area (Å²) in [6, 6.07) is 1.28. The van der Waals surface area contributed by atoms with Crippen LogP contribution in [0.4, 0.5) is 5.82 Å². The number of nitrogens with zero attached hydrogens (tertiary/aromatic N) is 2. The molecule has 0 radical (unpaired) electrons. The van der Waals surface area contributed by atoms with Crippen molar-refractivity contribution in [1.29, 1.82) is 0 Å². The fourth-order valence-electron chi connectivity index (χ4n) is 3.66. The molecule has 16 heteroatoms. The molecule has 1 unspecified atom stereocenters. The maximum absolute atomic E-state index is 12.3. The third kappa shape index (κ3) is 5.44. The van der Waals surface area contributed by atoms with E-state index in [1.807, 2.05) is 0 Å². The first kappa shape index (κ1) is 26.1. The van der Waals surface area contributed by atoms with Gasteiger partial charge in [-0.2, -0.15) is 4.98 Å². The van der Waals surface area contributed by atoms with Gasteiger partial charge in [0.05, 0.1) is 18.8 Å². The van der Waals surface area contributed by atoms with Crippen molar-refractivity contribution in [2.45, 2.75) is 75.0 Å². The summed E-state index contributed by atoms with van der Waals surface area (Å²) in [5, 5.41) is 50.7. The molecule has 3 rings (SSSR count). The van der Waals surface area contributed by atoms with E-state index in [9.17, 15) is 39.8 Å². The second-order valence-electron chi connectivity index (χ2n) is 8.04. The van der Waals surface area contributed by atoms with Crippen molar-refractivity contribution in [2.24, 2.45) is 0 Å². The predicted octanol–water partition coefficient (Wildman–Crippen LogP) is -2.81. The maximum Gasteiger partial charge on any atom is 0.474 e. The molecule has 0 amide bonds. The number of hydrogen-bond donors (Lipinski definition) is 7. The zero-order valence-electron chi connectivity index (χ0n) is 17.7. The summed E-state index contributed by atoms with van der Waals surface area (Å²) in [6.07, 6.45) is -10.7. The van der Waals surface area contributed by atoms with Crippen LogP contribution in [-0.2, 0) is 23.1 Å². The van der Waals surface area contributed by atoms with Gasteiger partial charge >= 0.3 is 13.5 Å². The van der Waals surface area contributed by atoms with E-state index in [0.717, 1.165) is 4.57 Å². The van der Waals surface area contributed by atoms with Crippen LogP contribution in [0.3, 0.4) is 0 Å². The van der Waals surface area contributed by atoms with Crippen molar-refractivity contribution >= 4 is 13.6 Å². The van der Waals surface area contributed by atoms with Gasteiger partial charge in [0, 0.05) is 12.6 Å². The molecular formula is C17H28N3O12P. The molecule has 10 atom stereocenters. The number of hydrogen-bond acceptors (Lipinski definition) is 13. The summed E-state index contributed by atoms with van der Waals surface area (Å²) < 4.78 is 33.5. The lowest BCUT2D eigenvalue weighted by molar-refractivity contribution is -0.283. The van der Waals surface area contributed by atoms with Crippen LogP contribution in [0, 0.1) is 0 Å². The Morgan fingerprint density at radius 2 is 2.03 bits per heavy atom. The molecule has 8 N–H and O–H groups in total. The van der Waals surface area contributed by atoms with Crippen LogP contribution >= 0.6 is 7.82 Å². The fourth-order valence-corrected chi connectivity index (χ4v) is 4.51. The number of nitrogens with two attached hydrogens (primary N) is 1. The minimum atomic E-state index is -4.90. The van der Waals surface area contributed by atoms with Gasteiger partial charge in [-0.15, -0.1) is 0 Å². The average Bonchev–Trinajstić information content (AvgIpc) is 2.99. The first-order chi connectivity index (χ1) is 15.2. The number of phosphoric acid groups is 1. The zero-order chi connectivity index (χ0) is 24.7. The highest BCUT2D eigenvalue weighted by molar-refractivity contribution is 7.47. The van der Waals surface area contributed by atoms with Gasteiger partial charge in [0.15, 0.2) is 12.5 Å². The minimum absolute atomic E-state index is 0.0594. The van der Waals surface area contributed by atoms with E-state index in [-0.39, 0.29) is 5.82 Å². The van der Waals surface area contributed by atoms with Crippen LogP contribution in [0.5, 0.6) is 0 Å². The summed E-state index contributed by atoms with van der Waals surface area (Å²) in [7, 11) is -4.90. The molecule has 0 spiro atoms. The summed E-state index contributed by atoms with van der Waals surface area (Å²) in [5.74, 6) is -0.0594. The molecule has 1 aromatic heterocycles. The highest BCUT2D eigenvalue weighted by Gasteiger charge is 2.51. The molecular weight excluding hydrogens is 469 g/mol. The largest absolute Gasteiger partial charge is 0.474 e. The topological polar surface area (TPSA) is 236 Å². The molecule has 0 saturated carbocycles. The number of phosphoric ester groups is 1. The van der Waals surface area contributed by atoms with E-state index >= 15 is 0 Å². The number of anilines is 1. The smallest absolute Gasteiger partial charge is 0.390 e. The lowest BCUT2D eigenvalue weighted by Crippen LogP contribution is -2.60. The average molecular weight is 497 g/mol. The Hall–Kier alpha value is -1.49. The van der Waals surface area contributed by atoms with Gasteiger partial charge < -0.3 is 45.6 Å². The van der Waals surface area contributed by atoms with Gasteiger partial charge in [-0.1, -0.05) is 0 Å². The lowest BCUT2D eigenvalue weighted by Gasteiger charge is -2.45. The molecule has 1 aromatic rings. The van der Waals surface area contributed by atoms with Gasteiger partial charge in [-0.3, -0.25) is 13.6 Å². The van der Waals surface area contributed by atoms with Crippen molar-refractivity contribution in [3.05, 3.63) is 22.7 Å². The minimum Gasteiger partial charge on any atom is -0.390 e. The Bertz CT molecular complexity index is 946. The highest BCUT2D eigenvalue weighted by atomic mass is 31.2. The van der Waals surface area contributed by atoms with Gasteiger partial charge in [0.2, 0.25) is 0 Å². The zero-order valence-corrected chi connectivity index (χ0v) is 18.6. The Labute approximate surface area is 187 Å². The Morgan fingerprint density at radius 1 is 1.36 bits per heavy atom. The van der Waals surface area contributed by atoms with Crippen molar-refractivity contribution < 1.29 is 53.5 Å². The molecule has 15 nitrogen and oxygen atoms in total. The fraction of sp³-hybridized carbons (Fsp3) is 0.765. The first-order valence-electron chi connectivity index (χ1n) is 10.0. The van der Waals surface area contributed by atoms with Crippen molar-refractivity contribution in [3.8, 4) is 0 Å². The van der Waals surface area contributed by atoms with E-state index in [2.05, 4.69) is 4.98 Å². The quantitative estimate of drug-likeness (QED) is 0.188. The molecule has 0 aliphatic carbocycles. The number of rotatable bonds is 7. The van der Waals surface area contributed by atoms with E-state index < -0.39 is 81.3 Å². The van der Waals surface area contributed by atoms with E-state index in [1.54, 1.807) is 0 Å². The summed E-state index contributed by atoms with van der Waals surface area (Å²) in [6.45, 7) is 1.95. The van der Waals surface area contributed by atoms with Gasteiger partial charge in [-0.25, -0.2) is 9.36 Å². The van der Waals surface area contributed by atoms with Crippen LogP contribution in [0.15, 0.2) is 17.1 Å². The molecule has 0 bridgehead atoms. The Kier molecular flexibility index (Phi) is 7.63. The summed E-state index contributed by atoms with van der Waals surface area (Å²) in [4.78, 5) is 25.5. The van der Waals surface area contributed by atoms with Gasteiger partial charge in [0.25, 0.3) is 0 Å². The third-order valence-corrected chi connectivity index (χ3v) is 6.67. The van der Waals surface area contributed by atoms with Gasteiger partial charge in [-0.05, 0) is 19.9 Å². The van der Waals surface area contributed by atoms with E-state index in [0.29, 0.717) is 0 Å². The second-order valence-corrected chi connectivity index (χ2v) is 9.45. The molecule has 2 aliphatic heterocycles. The monoisotopic (exact) mass is 497 g/mol. The second kappa shape index (κ2) is 9.64. The third-order valence-electron chi connectivity index (χ3n) is 5.72. The lowest BCUT2D eigenvalue weighted by atomic mass is 9.84. The molecule has 0 aromatic carbocycles. The number of aliphatic hydroxyl groups excluding tert-OH is 4. The molecule has 2 aliphatic rings. The van der Waals surface area contributed by atoms with Crippen LogP contribution in [-0.4, -0.2) is 95.1 Å². The standard InChI is InChI=1S/C17H28N3O12P/c1-7(21)17(26)5-9(22)15(30-8(17)2)32-33(27,28)29-6-10-12(23)13(24)14(31-10)20-4-3-11(18)19-16(20)25/h3-4,7-10,12-15,21-24,26H,5-6H2,1-2H3,(H,27,28)(H2,18,19,25)/t7-,8-,9-,10-,12-,13-,14-,15-,17+/m1/s1. The van der Waals surface area contributed by atoms with Crippen LogP contribution in [0.1, 0.15) is 26.5 Å². The SMILES string of the molecule is C[C@@H](O)[C@@]1(O)C[C@@H](O)[C@@H](OP(=O)(O)OC[C@H]2O[C@@H](n3ccc(N)nc3=O)[C@H](O)[C@@H]2O)O[C@@H]1C. The molecule has 2 fully saturated rings. The van der Waals surface area contributed by atoms with Crippen LogP contribution < -0.4 is 11.4 Å². The molecule has 3 heterocycles. The van der Waals surface area contributed by atoms with Crippen LogP contribution in [0.25, 0.3) is 0 Å². The van der Waals surface area contributed by atoms with Gasteiger partial charge in [0.1, 0.15) is 35.8 Å². The number of aliphatic hydroxyl groups is 5. The Morgan fingerprint density at radius 3 is 2.64 bits per heavy atom. The molecule has 33 heavy (non-hydrogen) atoms. The highest BCUT2D eigenvalue weighted by Crippen LogP contribution is 2.48. The maximum atomic E-state index is 12.3. The van der Waals surface area contributed by atoms with Crippen molar-refractivity contribution in [3.63, 3.8) is 0 Å². The molecule has 2 saturated heterocycles. The number of ether oxygens (including phenoxy) is 2. The van der Waals surface area contributed by atoms with E-state index in [1.165, 1.54) is 26.1 Å². The van der Waals surface area contributed by atoms with E-state index in [4.69, 9.17) is 24.3 Å². The van der Waals surface area contributed by atoms with Crippen LogP contribution in [0.2, 0.25) is 0 Å². The molecule has 188 valence electrons. The van der Waals surface area contributed by atoms with Crippen molar-refractivity contribution in [2.75, 3.05) is 12.3 Å². The summed E-state index contributed by atoms with van der Waals surface area (Å²) in [5.41, 5.74) is 2.76. The normalized spacial score (nSPS) is 39.8. The first-order valence-corrected chi connectivity index (χ1v) is 11.5. The Balaban J connectivity index is 1.61.